The largest absolute Gasteiger partial charge is 0.497 e. The SMILES string of the molecule is COc1ccc(C(C)(O)C2(CN)CC3CCC2O3)cc1. The molecule has 0 spiro atoms. The first kappa shape index (κ1) is 13.9. The van der Waals surface area contributed by atoms with Gasteiger partial charge < -0.3 is 20.3 Å². The zero-order valence-electron chi connectivity index (χ0n) is 12.1. The van der Waals surface area contributed by atoms with E-state index in [0.29, 0.717) is 6.54 Å². The van der Waals surface area contributed by atoms with Crippen molar-refractivity contribution in [3.63, 3.8) is 0 Å². The Morgan fingerprint density at radius 2 is 2.10 bits per heavy atom. The Labute approximate surface area is 119 Å². The average Bonchev–Trinajstić information content (AvgIpc) is 3.08. The molecule has 3 N–H and O–H groups in total. The molecule has 4 nitrogen and oxygen atoms in total. The summed E-state index contributed by atoms with van der Waals surface area (Å²) >= 11 is 0. The molecule has 4 unspecified atom stereocenters. The first-order valence-corrected chi connectivity index (χ1v) is 7.26. The molecule has 4 heteroatoms. The standard InChI is InChI=1S/C16H23NO3/c1-15(18,11-3-5-12(19-2)6-4-11)16(10-17)9-13-7-8-14(16)20-13/h3-6,13-14,18H,7-10,17H2,1-2H3. The first-order valence-electron chi connectivity index (χ1n) is 7.26. The zero-order chi connectivity index (χ0) is 14.4. The lowest BCUT2D eigenvalue weighted by molar-refractivity contribution is -0.105. The molecule has 0 saturated carbocycles. The van der Waals surface area contributed by atoms with Gasteiger partial charge in [-0.25, -0.2) is 0 Å². The van der Waals surface area contributed by atoms with Crippen LogP contribution < -0.4 is 10.5 Å². The topological polar surface area (TPSA) is 64.7 Å². The number of hydrogen-bond donors (Lipinski definition) is 2. The smallest absolute Gasteiger partial charge is 0.118 e. The van der Waals surface area contributed by atoms with Gasteiger partial charge in [-0.2, -0.15) is 0 Å². The van der Waals surface area contributed by atoms with E-state index in [2.05, 4.69) is 0 Å². The summed E-state index contributed by atoms with van der Waals surface area (Å²) in [6.07, 6.45) is 3.25. The van der Waals surface area contributed by atoms with Crippen LogP contribution in [0.2, 0.25) is 0 Å². The fourth-order valence-electron chi connectivity index (χ4n) is 3.93. The Morgan fingerprint density at radius 1 is 1.40 bits per heavy atom. The summed E-state index contributed by atoms with van der Waals surface area (Å²) in [6.45, 7) is 2.30. The molecule has 3 rings (SSSR count). The van der Waals surface area contributed by atoms with Crippen molar-refractivity contribution in [1.29, 1.82) is 0 Å². The summed E-state index contributed by atoms with van der Waals surface area (Å²) in [5.41, 5.74) is 5.57. The lowest BCUT2D eigenvalue weighted by Gasteiger charge is -2.46. The van der Waals surface area contributed by atoms with Gasteiger partial charge in [-0.05, 0) is 43.9 Å². The van der Waals surface area contributed by atoms with Gasteiger partial charge in [0.15, 0.2) is 0 Å². The van der Waals surface area contributed by atoms with Gasteiger partial charge in [-0.15, -0.1) is 0 Å². The predicted octanol–water partition coefficient (Wildman–Crippen LogP) is 1.80. The van der Waals surface area contributed by atoms with Gasteiger partial charge in [0, 0.05) is 12.0 Å². The van der Waals surface area contributed by atoms with Gasteiger partial charge in [0.2, 0.25) is 0 Å². The third kappa shape index (κ3) is 1.79. The highest BCUT2D eigenvalue weighted by Gasteiger charge is 2.60. The third-order valence-corrected chi connectivity index (χ3v) is 5.30. The molecule has 2 saturated heterocycles. The lowest BCUT2D eigenvalue weighted by atomic mass is 9.61. The van der Waals surface area contributed by atoms with E-state index >= 15 is 0 Å². The molecular formula is C16H23NO3. The zero-order valence-corrected chi connectivity index (χ0v) is 12.1. The van der Waals surface area contributed by atoms with Crippen LogP contribution in [-0.4, -0.2) is 31.0 Å². The van der Waals surface area contributed by atoms with Crippen LogP contribution in [0, 0.1) is 5.41 Å². The van der Waals surface area contributed by atoms with Gasteiger partial charge in [0.1, 0.15) is 5.75 Å². The molecule has 0 amide bonds. The van der Waals surface area contributed by atoms with E-state index in [-0.39, 0.29) is 17.6 Å². The maximum Gasteiger partial charge on any atom is 0.118 e. The van der Waals surface area contributed by atoms with E-state index < -0.39 is 5.60 Å². The quantitative estimate of drug-likeness (QED) is 0.881. The maximum absolute atomic E-state index is 11.2. The van der Waals surface area contributed by atoms with E-state index in [4.69, 9.17) is 15.2 Å². The van der Waals surface area contributed by atoms with Crippen LogP contribution in [0.1, 0.15) is 31.7 Å². The van der Waals surface area contributed by atoms with Crippen molar-refractivity contribution in [2.75, 3.05) is 13.7 Å². The van der Waals surface area contributed by atoms with Crippen LogP contribution in [0.5, 0.6) is 5.75 Å². The third-order valence-electron chi connectivity index (χ3n) is 5.30. The molecule has 20 heavy (non-hydrogen) atoms. The van der Waals surface area contributed by atoms with Crippen LogP contribution in [0.25, 0.3) is 0 Å². The second kappa shape index (κ2) is 4.72. The highest BCUT2D eigenvalue weighted by atomic mass is 16.5. The Bertz CT molecular complexity index is 485. The normalized spacial score (nSPS) is 35.0. The molecular weight excluding hydrogens is 254 g/mol. The number of aliphatic hydroxyl groups is 1. The fourth-order valence-corrected chi connectivity index (χ4v) is 3.93. The molecule has 110 valence electrons. The van der Waals surface area contributed by atoms with Crippen molar-refractivity contribution in [1.82, 2.24) is 0 Å². The second-order valence-electron chi connectivity index (χ2n) is 6.19. The highest BCUT2D eigenvalue weighted by Crippen LogP contribution is 2.56. The minimum Gasteiger partial charge on any atom is -0.497 e. The predicted molar refractivity (Wildman–Crippen MR) is 76.6 cm³/mol. The van der Waals surface area contributed by atoms with Crippen LogP contribution >= 0.6 is 0 Å². The summed E-state index contributed by atoms with van der Waals surface area (Å²) in [5, 5.41) is 11.2. The number of benzene rings is 1. The molecule has 1 aromatic rings. The Morgan fingerprint density at radius 3 is 2.55 bits per heavy atom. The van der Waals surface area contributed by atoms with Crippen LogP contribution in [0.15, 0.2) is 24.3 Å². The van der Waals surface area contributed by atoms with Gasteiger partial charge in [-0.3, -0.25) is 0 Å². The van der Waals surface area contributed by atoms with E-state index in [9.17, 15) is 5.11 Å². The number of hydrogen-bond acceptors (Lipinski definition) is 4. The van der Waals surface area contributed by atoms with E-state index in [0.717, 1.165) is 30.6 Å². The average molecular weight is 277 g/mol. The van der Waals surface area contributed by atoms with Gasteiger partial charge in [-0.1, -0.05) is 12.1 Å². The number of rotatable bonds is 4. The molecule has 2 fully saturated rings. The summed E-state index contributed by atoms with van der Waals surface area (Å²) in [6, 6.07) is 7.59. The lowest BCUT2D eigenvalue weighted by Crippen LogP contribution is -2.54. The molecule has 2 bridgehead atoms. The molecule has 2 heterocycles. The molecule has 2 aliphatic rings. The Kier molecular flexibility index (Phi) is 3.27. The minimum atomic E-state index is -0.992. The molecule has 4 atom stereocenters. The maximum atomic E-state index is 11.2. The second-order valence-corrected chi connectivity index (χ2v) is 6.19. The van der Waals surface area contributed by atoms with E-state index in [1.807, 2.05) is 31.2 Å². The van der Waals surface area contributed by atoms with E-state index in [1.165, 1.54) is 0 Å². The van der Waals surface area contributed by atoms with Crippen LogP contribution in [0.4, 0.5) is 0 Å². The Balaban J connectivity index is 1.96. The van der Waals surface area contributed by atoms with Crippen molar-refractivity contribution < 1.29 is 14.6 Å². The number of ether oxygens (including phenoxy) is 2. The number of methoxy groups -OCH3 is 1. The summed E-state index contributed by atoms with van der Waals surface area (Å²) in [7, 11) is 1.64. The summed E-state index contributed by atoms with van der Waals surface area (Å²) in [4.78, 5) is 0. The molecule has 0 aliphatic carbocycles. The monoisotopic (exact) mass is 277 g/mol. The van der Waals surface area contributed by atoms with Crippen LogP contribution in [0.3, 0.4) is 0 Å². The molecule has 0 aromatic heterocycles. The van der Waals surface area contributed by atoms with Crippen molar-refractivity contribution in [3.05, 3.63) is 29.8 Å². The van der Waals surface area contributed by atoms with E-state index in [1.54, 1.807) is 7.11 Å². The van der Waals surface area contributed by atoms with Crippen molar-refractivity contribution >= 4 is 0 Å². The molecule has 2 aliphatic heterocycles. The molecule has 0 radical (unpaired) electrons. The minimum absolute atomic E-state index is 0.0644. The number of fused-ring (bicyclic) bond motifs is 2. The fraction of sp³-hybridized carbons (Fsp3) is 0.625. The Hall–Kier alpha value is -1.10. The van der Waals surface area contributed by atoms with Gasteiger partial charge >= 0.3 is 0 Å². The van der Waals surface area contributed by atoms with Gasteiger partial charge in [0.05, 0.1) is 24.9 Å². The van der Waals surface area contributed by atoms with Crippen LogP contribution in [-0.2, 0) is 10.3 Å². The van der Waals surface area contributed by atoms with Crippen molar-refractivity contribution in [2.45, 2.75) is 44.0 Å². The van der Waals surface area contributed by atoms with Crippen molar-refractivity contribution in [2.24, 2.45) is 11.1 Å². The summed E-state index contributed by atoms with van der Waals surface area (Å²) in [5.74, 6) is 0.788. The number of nitrogens with two attached hydrogens (primary N) is 1. The van der Waals surface area contributed by atoms with Crippen molar-refractivity contribution in [3.8, 4) is 5.75 Å². The first-order chi connectivity index (χ1) is 9.53. The highest BCUT2D eigenvalue weighted by molar-refractivity contribution is 5.33. The molecule has 1 aromatic carbocycles. The van der Waals surface area contributed by atoms with Gasteiger partial charge in [0.25, 0.3) is 0 Å². The summed E-state index contributed by atoms with van der Waals surface area (Å²) < 4.78 is 11.1.